The van der Waals surface area contributed by atoms with Crippen LogP contribution in [0.15, 0.2) is 24.3 Å². The number of benzene rings is 1. The number of aryl methyl sites for hydroxylation is 2. The number of aromatic nitrogens is 2. The van der Waals surface area contributed by atoms with Gasteiger partial charge in [0.15, 0.2) is 5.75 Å². The maximum atomic E-state index is 10.9. The summed E-state index contributed by atoms with van der Waals surface area (Å²) in [4.78, 5) is 10.4. The summed E-state index contributed by atoms with van der Waals surface area (Å²) in [5, 5.41) is 15.4. The number of rotatable bonds is 4. The third-order valence-corrected chi connectivity index (χ3v) is 2.83. The summed E-state index contributed by atoms with van der Waals surface area (Å²) < 4.78 is 7.14. The van der Waals surface area contributed by atoms with Crippen LogP contribution in [0.4, 0.5) is 5.69 Å². The molecule has 0 N–H and O–H groups in total. The molecule has 7 heteroatoms. The number of nitrogens with zero attached hydrogens (tertiary/aromatic N) is 3. The van der Waals surface area contributed by atoms with E-state index < -0.39 is 4.92 Å². The van der Waals surface area contributed by atoms with Crippen molar-refractivity contribution < 1.29 is 9.66 Å². The van der Waals surface area contributed by atoms with Gasteiger partial charge in [0, 0.05) is 24.2 Å². The molecule has 0 saturated carbocycles. The van der Waals surface area contributed by atoms with Crippen molar-refractivity contribution in [2.45, 2.75) is 13.5 Å². The summed E-state index contributed by atoms with van der Waals surface area (Å²) in [6, 6.07) is 6.08. The Bertz CT molecular complexity index is 625. The van der Waals surface area contributed by atoms with E-state index in [1.54, 1.807) is 11.7 Å². The van der Waals surface area contributed by atoms with Crippen molar-refractivity contribution in [1.29, 1.82) is 0 Å². The molecule has 2 rings (SSSR count). The molecule has 0 aliphatic rings. The highest BCUT2D eigenvalue weighted by molar-refractivity contribution is 6.30. The van der Waals surface area contributed by atoms with Crippen LogP contribution in [-0.2, 0) is 13.7 Å². The smallest absolute Gasteiger partial charge is 0.311 e. The van der Waals surface area contributed by atoms with E-state index in [1.807, 2.05) is 13.0 Å². The van der Waals surface area contributed by atoms with Crippen molar-refractivity contribution in [2.75, 3.05) is 0 Å². The molecule has 2 aromatic rings. The standard InChI is InChI=1S/C12H12ClN3O3/c1-8-5-10(15(2)14-8)7-19-12-6-9(13)3-4-11(12)16(17)18/h3-6H,7H2,1-2H3. The van der Waals surface area contributed by atoms with E-state index in [0.29, 0.717) is 5.02 Å². The number of nitro groups is 1. The number of hydrogen-bond donors (Lipinski definition) is 0. The van der Waals surface area contributed by atoms with Gasteiger partial charge in [-0.15, -0.1) is 0 Å². The Morgan fingerprint density at radius 2 is 2.21 bits per heavy atom. The third kappa shape index (κ3) is 3.03. The van der Waals surface area contributed by atoms with Gasteiger partial charge in [0.25, 0.3) is 0 Å². The minimum Gasteiger partial charge on any atom is -0.480 e. The van der Waals surface area contributed by atoms with Crippen LogP contribution in [0.25, 0.3) is 0 Å². The first-order valence-electron chi connectivity index (χ1n) is 5.53. The monoisotopic (exact) mass is 281 g/mol. The fourth-order valence-electron chi connectivity index (χ4n) is 1.71. The molecule has 0 saturated heterocycles. The molecular formula is C12H12ClN3O3. The van der Waals surface area contributed by atoms with E-state index in [0.717, 1.165) is 11.4 Å². The highest BCUT2D eigenvalue weighted by Crippen LogP contribution is 2.30. The van der Waals surface area contributed by atoms with Crippen LogP contribution in [0, 0.1) is 17.0 Å². The number of halogens is 1. The second-order valence-electron chi connectivity index (χ2n) is 4.06. The lowest BCUT2D eigenvalue weighted by Crippen LogP contribution is -2.04. The normalized spacial score (nSPS) is 10.5. The zero-order chi connectivity index (χ0) is 14.0. The van der Waals surface area contributed by atoms with Gasteiger partial charge in [-0.25, -0.2) is 0 Å². The molecule has 0 radical (unpaired) electrons. The maximum Gasteiger partial charge on any atom is 0.311 e. The van der Waals surface area contributed by atoms with E-state index in [9.17, 15) is 10.1 Å². The molecule has 0 aliphatic carbocycles. The van der Waals surface area contributed by atoms with Gasteiger partial charge in [0.1, 0.15) is 6.61 Å². The van der Waals surface area contributed by atoms with E-state index in [4.69, 9.17) is 16.3 Å². The van der Waals surface area contributed by atoms with Gasteiger partial charge in [0.2, 0.25) is 0 Å². The van der Waals surface area contributed by atoms with Gasteiger partial charge >= 0.3 is 5.69 Å². The van der Waals surface area contributed by atoms with Gasteiger partial charge in [0.05, 0.1) is 16.3 Å². The van der Waals surface area contributed by atoms with E-state index in [-0.39, 0.29) is 18.0 Å². The minimum absolute atomic E-state index is 0.108. The molecular weight excluding hydrogens is 270 g/mol. The molecule has 1 aromatic carbocycles. The molecule has 1 heterocycles. The zero-order valence-corrected chi connectivity index (χ0v) is 11.2. The lowest BCUT2D eigenvalue weighted by Gasteiger charge is -2.07. The molecule has 6 nitrogen and oxygen atoms in total. The largest absolute Gasteiger partial charge is 0.480 e. The van der Waals surface area contributed by atoms with Crippen LogP contribution in [0.1, 0.15) is 11.4 Å². The lowest BCUT2D eigenvalue weighted by atomic mass is 10.3. The SMILES string of the molecule is Cc1cc(COc2cc(Cl)ccc2[N+](=O)[O-])n(C)n1. The summed E-state index contributed by atoms with van der Waals surface area (Å²) in [6.45, 7) is 2.06. The van der Waals surface area contributed by atoms with Gasteiger partial charge < -0.3 is 4.74 Å². The van der Waals surface area contributed by atoms with Crippen molar-refractivity contribution in [3.63, 3.8) is 0 Å². The second-order valence-corrected chi connectivity index (χ2v) is 4.49. The van der Waals surface area contributed by atoms with E-state index in [2.05, 4.69) is 5.10 Å². The lowest BCUT2D eigenvalue weighted by molar-refractivity contribution is -0.385. The molecule has 0 atom stereocenters. The fourth-order valence-corrected chi connectivity index (χ4v) is 1.87. The maximum absolute atomic E-state index is 10.9. The quantitative estimate of drug-likeness (QED) is 0.638. The van der Waals surface area contributed by atoms with Crippen LogP contribution < -0.4 is 4.74 Å². The van der Waals surface area contributed by atoms with Crippen LogP contribution >= 0.6 is 11.6 Å². The van der Waals surface area contributed by atoms with Crippen molar-refractivity contribution in [3.8, 4) is 5.75 Å². The Morgan fingerprint density at radius 3 is 2.79 bits per heavy atom. The van der Waals surface area contributed by atoms with Crippen LogP contribution in [0.3, 0.4) is 0 Å². The zero-order valence-electron chi connectivity index (χ0n) is 10.5. The van der Waals surface area contributed by atoms with Gasteiger partial charge in [-0.2, -0.15) is 5.10 Å². The van der Waals surface area contributed by atoms with Crippen molar-refractivity contribution in [1.82, 2.24) is 9.78 Å². The molecule has 0 amide bonds. The summed E-state index contributed by atoms with van der Waals surface area (Å²) in [7, 11) is 1.79. The Hall–Kier alpha value is -2.08. The Balaban J connectivity index is 2.21. The van der Waals surface area contributed by atoms with Crippen LogP contribution in [-0.4, -0.2) is 14.7 Å². The first-order chi connectivity index (χ1) is 8.97. The highest BCUT2D eigenvalue weighted by atomic mass is 35.5. The second kappa shape index (κ2) is 5.27. The average molecular weight is 282 g/mol. The predicted octanol–water partition coefficient (Wildman–Crippen LogP) is 2.87. The molecule has 0 aliphatic heterocycles. The van der Waals surface area contributed by atoms with E-state index >= 15 is 0 Å². The number of ether oxygens (including phenoxy) is 1. The molecule has 0 fully saturated rings. The van der Waals surface area contributed by atoms with Crippen molar-refractivity contribution in [2.24, 2.45) is 7.05 Å². The Morgan fingerprint density at radius 1 is 1.47 bits per heavy atom. The van der Waals surface area contributed by atoms with Crippen molar-refractivity contribution >= 4 is 17.3 Å². The first kappa shape index (κ1) is 13.4. The van der Waals surface area contributed by atoms with Crippen molar-refractivity contribution in [3.05, 3.63) is 50.8 Å². The van der Waals surface area contributed by atoms with Gasteiger partial charge in [-0.3, -0.25) is 14.8 Å². The van der Waals surface area contributed by atoms with Crippen LogP contribution in [0.2, 0.25) is 5.02 Å². The fraction of sp³-hybridized carbons (Fsp3) is 0.250. The average Bonchev–Trinajstić information content (AvgIpc) is 2.65. The third-order valence-electron chi connectivity index (χ3n) is 2.59. The Kier molecular flexibility index (Phi) is 3.71. The molecule has 0 bridgehead atoms. The highest BCUT2D eigenvalue weighted by Gasteiger charge is 2.16. The Labute approximate surface area is 114 Å². The summed E-state index contributed by atoms with van der Waals surface area (Å²) in [5.41, 5.74) is 1.58. The van der Waals surface area contributed by atoms with Gasteiger partial charge in [-0.05, 0) is 19.1 Å². The summed E-state index contributed by atoms with van der Waals surface area (Å²) in [6.07, 6.45) is 0. The first-order valence-corrected chi connectivity index (χ1v) is 5.91. The molecule has 19 heavy (non-hydrogen) atoms. The summed E-state index contributed by atoms with van der Waals surface area (Å²) >= 11 is 5.82. The molecule has 0 unspecified atom stereocenters. The van der Waals surface area contributed by atoms with Crippen LogP contribution in [0.5, 0.6) is 5.75 Å². The molecule has 100 valence electrons. The van der Waals surface area contributed by atoms with Gasteiger partial charge in [-0.1, -0.05) is 11.6 Å². The molecule has 1 aromatic heterocycles. The molecule has 0 spiro atoms. The summed E-state index contributed by atoms with van der Waals surface area (Å²) in [5.74, 6) is 0.149. The minimum atomic E-state index is -0.500. The topological polar surface area (TPSA) is 70.2 Å². The predicted molar refractivity (Wildman–Crippen MR) is 70.4 cm³/mol. The number of nitro benzene ring substituents is 1. The number of hydrogen-bond acceptors (Lipinski definition) is 4. The van der Waals surface area contributed by atoms with E-state index in [1.165, 1.54) is 18.2 Å².